The molecule has 2 rings (SSSR count). The van der Waals surface area contributed by atoms with Crippen LogP contribution in [0.4, 0.5) is 11.4 Å². The molecule has 4 nitrogen and oxygen atoms in total. The summed E-state index contributed by atoms with van der Waals surface area (Å²) in [5, 5.41) is 3.34. The number of nitrogens with two attached hydrogens (primary N) is 1. The molecular formula is C12H18N2O2S. The number of nitrogens with one attached hydrogen (secondary N) is 1. The van der Waals surface area contributed by atoms with E-state index in [9.17, 15) is 8.42 Å². The summed E-state index contributed by atoms with van der Waals surface area (Å²) in [6.07, 6.45) is 3.52. The molecule has 0 bridgehead atoms. The van der Waals surface area contributed by atoms with Crippen LogP contribution in [0.15, 0.2) is 23.1 Å². The van der Waals surface area contributed by atoms with Gasteiger partial charge in [0.2, 0.25) is 0 Å². The molecule has 0 amide bonds. The van der Waals surface area contributed by atoms with E-state index in [0.717, 1.165) is 11.6 Å². The second kappa shape index (κ2) is 4.22. The Morgan fingerprint density at radius 2 is 2.18 bits per heavy atom. The molecule has 0 radical (unpaired) electrons. The molecule has 17 heavy (non-hydrogen) atoms. The molecule has 2 atom stereocenters. The van der Waals surface area contributed by atoms with Crippen LogP contribution < -0.4 is 11.1 Å². The van der Waals surface area contributed by atoms with Crippen LogP contribution >= 0.6 is 0 Å². The molecule has 0 aromatic heterocycles. The highest BCUT2D eigenvalue weighted by Crippen LogP contribution is 2.37. The zero-order chi connectivity index (χ0) is 12.6. The predicted molar refractivity (Wildman–Crippen MR) is 69.8 cm³/mol. The van der Waals surface area contributed by atoms with E-state index >= 15 is 0 Å². The second-order valence-corrected chi connectivity index (χ2v) is 6.69. The maximum Gasteiger partial charge on any atom is 0.175 e. The topological polar surface area (TPSA) is 72.2 Å². The van der Waals surface area contributed by atoms with Crippen molar-refractivity contribution in [1.29, 1.82) is 0 Å². The number of anilines is 2. The van der Waals surface area contributed by atoms with Gasteiger partial charge in [-0.15, -0.1) is 0 Å². The first-order chi connectivity index (χ1) is 7.91. The molecule has 1 fully saturated rings. The van der Waals surface area contributed by atoms with E-state index in [1.54, 1.807) is 12.1 Å². The highest BCUT2D eigenvalue weighted by Gasteiger charge is 2.35. The third-order valence-corrected chi connectivity index (χ3v) is 4.35. The van der Waals surface area contributed by atoms with E-state index < -0.39 is 9.84 Å². The SMILES string of the molecule is CCC1CC1Nc1ccc(S(C)(=O)=O)cc1N. The summed E-state index contributed by atoms with van der Waals surface area (Å²) >= 11 is 0. The van der Waals surface area contributed by atoms with Crippen molar-refractivity contribution in [2.75, 3.05) is 17.3 Å². The number of nitrogen functional groups attached to an aromatic ring is 1. The van der Waals surface area contributed by atoms with Crippen molar-refractivity contribution in [3.63, 3.8) is 0 Å². The van der Waals surface area contributed by atoms with Crippen LogP contribution in [0.25, 0.3) is 0 Å². The fraction of sp³-hybridized carbons (Fsp3) is 0.500. The minimum Gasteiger partial charge on any atom is -0.397 e. The highest BCUT2D eigenvalue weighted by atomic mass is 32.2. The molecular weight excluding hydrogens is 236 g/mol. The van der Waals surface area contributed by atoms with Gasteiger partial charge in [0.1, 0.15) is 0 Å². The van der Waals surface area contributed by atoms with Gasteiger partial charge in [-0.05, 0) is 30.5 Å². The van der Waals surface area contributed by atoms with E-state index in [4.69, 9.17) is 5.73 Å². The summed E-state index contributed by atoms with van der Waals surface area (Å²) in [6, 6.07) is 5.35. The first-order valence-electron chi connectivity index (χ1n) is 5.78. The van der Waals surface area contributed by atoms with Crippen LogP contribution in [-0.2, 0) is 9.84 Å². The molecule has 94 valence electrons. The summed E-state index contributed by atoms with van der Waals surface area (Å²) in [7, 11) is -3.18. The number of hydrogen-bond acceptors (Lipinski definition) is 4. The molecule has 0 saturated heterocycles. The molecule has 1 aliphatic carbocycles. The lowest BCUT2D eigenvalue weighted by Crippen LogP contribution is -2.07. The zero-order valence-corrected chi connectivity index (χ0v) is 10.9. The Hall–Kier alpha value is -1.23. The maximum atomic E-state index is 11.4. The lowest BCUT2D eigenvalue weighted by atomic mass is 10.2. The molecule has 1 saturated carbocycles. The van der Waals surface area contributed by atoms with Crippen LogP contribution in [0.1, 0.15) is 19.8 Å². The van der Waals surface area contributed by atoms with Gasteiger partial charge in [0.05, 0.1) is 16.3 Å². The van der Waals surface area contributed by atoms with Gasteiger partial charge < -0.3 is 11.1 Å². The van der Waals surface area contributed by atoms with Gasteiger partial charge in [-0.3, -0.25) is 0 Å². The van der Waals surface area contributed by atoms with Crippen LogP contribution in [0.3, 0.4) is 0 Å². The van der Waals surface area contributed by atoms with Crippen molar-refractivity contribution in [3.05, 3.63) is 18.2 Å². The van der Waals surface area contributed by atoms with Crippen LogP contribution in [-0.4, -0.2) is 20.7 Å². The zero-order valence-electron chi connectivity index (χ0n) is 10.1. The van der Waals surface area contributed by atoms with Crippen LogP contribution in [0.2, 0.25) is 0 Å². The normalized spacial score (nSPS) is 23.4. The summed E-state index contributed by atoms with van der Waals surface area (Å²) in [6.45, 7) is 2.17. The average Bonchev–Trinajstić information content (AvgIpc) is 2.98. The number of hydrogen-bond donors (Lipinski definition) is 2. The second-order valence-electron chi connectivity index (χ2n) is 4.68. The molecule has 0 aliphatic heterocycles. The molecule has 1 aromatic carbocycles. The van der Waals surface area contributed by atoms with E-state index in [1.807, 2.05) is 0 Å². The molecule has 3 N–H and O–H groups in total. The van der Waals surface area contributed by atoms with Gasteiger partial charge in [0, 0.05) is 12.3 Å². The smallest absolute Gasteiger partial charge is 0.175 e. The minimum absolute atomic E-state index is 0.267. The van der Waals surface area contributed by atoms with Crippen LogP contribution in [0.5, 0.6) is 0 Å². The number of rotatable bonds is 4. The molecule has 0 spiro atoms. The van der Waals surface area contributed by atoms with Crippen molar-refractivity contribution < 1.29 is 8.42 Å². The molecule has 2 unspecified atom stereocenters. The first-order valence-corrected chi connectivity index (χ1v) is 7.67. The van der Waals surface area contributed by atoms with Crippen molar-refractivity contribution in [1.82, 2.24) is 0 Å². The fourth-order valence-corrected chi connectivity index (χ4v) is 2.63. The third-order valence-electron chi connectivity index (χ3n) is 3.24. The van der Waals surface area contributed by atoms with E-state index in [-0.39, 0.29) is 4.90 Å². The van der Waals surface area contributed by atoms with Crippen molar-refractivity contribution in [2.24, 2.45) is 5.92 Å². The van der Waals surface area contributed by atoms with Gasteiger partial charge in [-0.1, -0.05) is 13.3 Å². The molecule has 1 aliphatic rings. The Bertz CT molecular complexity index is 525. The van der Waals surface area contributed by atoms with E-state index in [2.05, 4.69) is 12.2 Å². The Kier molecular flexibility index (Phi) is 3.03. The van der Waals surface area contributed by atoms with E-state index in [1.165, 1.54) is 25.2 Å². The Balaban J connectivity index is 2.15. The minimum atomic E-state index is -3.18. The summed E-state index contributed by atoms with van der Waals surface area (Å²) in [5.41, 5.74) is 7.18. The highest BCUT2D eigenvalue weighted by molar-refractivity contribution is 7.90. The molecule has 1 aromatic rings. The van der Waals surface area contributed by atoms with Crippen molar-refractivity contribution in [2.45, 2.75) is 30.7 Å². The first kappa shape index (κ1) is 12.2. The largest absolute Gasteiger partial charge is 0.397 e. The lowest BCUT2D eigenvalue weighted by Gasteiger charge is -2.10. The van der Waals surface area contributed by atoms with Gasteiger partial charge in [0.25, 0.3) is 0 Å². The van der Waals surface area contributed by atoms with Crippen LogP contribution in [0, 0.1) is 5.92 Å². The lowest BCUT2D eigenvalue weighted by molar-refractivity contribution is 0.602. The predicted octanol–water partition coefficient (Wildman–Crippen LogP) is 1.88. The Morgan fingerprint density at radius 3 is 2.65 bits per heavy atom. The van der Waals surface area contributed by atoms with Gasteiger partial charge in [-0.25, -0.2) is 8.42 Å². The third kappa shape index (κ3) is 2.72. The summed E-state index contributed by atoms with van der Waals surface area (Å²) < 4.78 is 22.7. The average molecular weight is 254 g/mol. The summed E-state index contributed by atoms with van der Waals surface area (Å²) in [5.74, 6) is 0.726. The number of benzene rings is 1. The summed E-state index contributed by atoms with van der Waals surface area (Å²) in [4.78, 5) is 0.267. The Morgan fingerprint density at radius 1 is 1.47 bits per heavy atom. The monoisotopic (exact) mass is 254 g/mol. The fourth-order valence-electron chi connectivity index (χ4n) is 1.98. The molecule has 5 heteroatoms. The van der Waals surface area contributed by atoms with E-state index in [0.29, 0.717) is 11.7 Å². The quantitative estimate of drug-likeness (QED) is 0.805. The van der Waals surface area contributed by atoms with Crippen molar-refractivity contribution in [3.8, 4) is 0 Å². The van der Waals surface area contributed by atoms with Gasteiger partial charge >= 0.3 is 0 Å². The van der Waals surface area contributed by atoms with Crippen molar-refractivity contribution >= 4 is 21.2 Å². The number of sulfone groups is 1. The standard InChI is InChI=1S/C12H18N2O2S/c1-3-8-6-12(8)14-11-5-4-9(7-10(11)13)17(2,15)16/h4-5,7-8,12,14H,3,6,13H2,1-2H3. The van der Waals surface area contributed by atoms with Gasteiger partial charge in [-0.2, -0.15) is 0 Å². The van der Waals surface area contributed by atoms with Gasteiger partial charge in [0.15, 0.2) is 9.84 Å². The maximum absolute atomic E-state index is 11.4. The molecule has 0 heterocycles. The Labute approximate surface area is 102 Å².